The van der Waals surface area contributed by atoms with Gasteiger partial charge in [0.2, 0.25) is 0 Å². The smallest absolute Gasteiger partial charge is 0.345 e. The lowest BCUT2D eigenvalue weighted by molar-refractivity contribution is -0.135. The second-order valence-corrected chi connectivity index (χ2v) is 7.64. The van der Waals surface area contributed by atoms with Gasteiger partial charge < -0.3 is 19.7 Å². The van der Waals surface area contributed by atoms with Crippen LogP contribution < -0.4 is 10.2 Å². The molecule has 0 spiro atoms. The van der Waals surface area contributed by atoms with Gasteiger partial charge in [-0.3, -0.25) is 4.79 Å². The Hall–Kier alpha value is -2.03. The van der Waals surface area contributed by atoms with E-state index in [0.717, 1.165) is 0 Å². The monoisotopic (exact) mass is 426 g/mol. The van der Waals surface area contributed by atoms with Gasteiger partial charge in [0.05, 0.1) is 25.4 Å². The summed E-state index contributed by atoms with van der Waals surface area (Å²) < 4.78 is 24.1. The highest BCUT2D eigenvalue weighted by atomic mass is 35.5. The molecule has 0 atom stereocenters. The van der Waals surface area contributed by atoms with Crippen molar-refractivity contribution in [3.63, 3.8) is 0 Å². The average molecular weight is 427 g/mol. The number of thioether (sulfide) groups is 1. The first-order valence-electron chi connectivity index (χ1n) is 8.66. The maximum atomic E-state index is 14.1. The number of esters is 1. The fourth-order valence-corrected chi connectivity index (χ4v) is 4.32. The third-order valence-electron chi connectivity index (χ3n) is 4.50. The van der Waals surface area contributed by atoms with E-state index >= 15 is 0 Å². The molecule has 28 heavy (non-hydrogen) atoms. The average Bonchev–Trinajstić information content (AvgIpc) is 2.71. The molecule has 0 bridgehead atoms. The van der Waals surface area contributed by atoms with Crippen LogP contribution in [0.1, 0.15) is 17.3 Å². The van der Waals surface area contributed by atoms with Gasteiger partial charge in [0.15, 0.2) is 0 Å². The van der Waals surface area contributed by atoms with Crippen LogP contribution in [0.3, 0.4) is 0 Å². The van der Waals surface area contributed by atoms with Crippen LogP contribution in [-0.4, -0.2) is 51.0 Å². The molecule has 150 valence electrons. The Kier molecular flexibility index (Phi) is 6.64. The molecule has 2 aliphatic rings. The van der Waals surface area contributed by atoms with Crippen molar-refractivity contribution in [3.05, 3.63) is 50.8 Å². The number of methoxy groups -OCH3 is 1. The van der Waals surface area contributed by atoms with E-state index in [-0.39, 0.29) is 10.6 Å². The molecule has 0 aliphatic carbocycles. The highest BCUT2D eigenvalue weighted by Gasteiger charge is 2.25. The molecule has 1 fully saturated rings. The number of rotatable bonds is 4. The van der Waals surface area contributed by atoms with Crippen LogP contribution >= 0.6 is 23.4 Å². The summed E-state index contributed by atoms with van der Waals surface area (Å²) in [6.07, 6.45) is 0. The van der Waals surface area contributed by atoms with Crippen LogP contribution in [0.2, 0.25) is 0 Å². The van der Waals surface area contributed by atoms with Gasteiger partial charge in [0, 0.05) is 35.8 Å². The molecule has 6 nitrogen and oxygen atoms in total. The zero-order valence-corrected chi connectivity index (χ0v) is 17.1. The third kappa shape index (κ3) is 4.51. The fourth-order valence-electron chi connectivity index (χ4n) is 2.91. The molecular formula is C19H20ClFN2O4S. The van der Waals surface area contributed by atoms with E-state index < -0.39 is 17.7 Å². The van der Waals surface area contributed by atoms with Crippen LogP contribution in [0.4, 0.5) is 10.1 Å². The number of hydrogen-bond acceptors (Lipinski definition) is 6. The number of carbonyl (C=O) groups is 2. The summed E-state index contributed by atoms with van der Waals surface area (Å²) in [6.45, 7) is 4.12. The maximum absolute atomic E-state index is 14.1. The highest BCUT2D eigenvalue weighted by molar-refractivity contribution is 8.04. The summed E-state index contributed by atoms with van der Waals surface area (Å²) in [5.41, 5.74) is 2.01. The Balaban J connectivity index is 1.81. The predicted molar refractivity (Wildman–Crippen MR) is 107 cm³/mol. The minimum atomic E-state index is -0.514. The zero-order valence-electron chi connectivity index (χ0n) is 15.5. The molecule has 0 aromatic heterocycles. The first-order chi connectivity index (χ1) is 13.4. The van der Waals surface area contributed by atoms with E-state index in [0.29, 0.717) is 53.9 Å². The van der Waals surface area contributed by atoms with Crippen molar-refractivity contribution in [3.8, 4) is 0 Å². The van der Waals surface area contributed by atoms with Gasteiger partial charge in [-0.15, -0.1) is 11.8 Å². The van der Waals surface area contributed by atoms with Crippen molar-refractivity contribution in [2.75, 3.05) is 44.1 Å². The first kappa shape index (κ1) is 20.7. The molecule has 1 aromatic carbocycles. The predicted octanol–water partition coefficient (Wildman–Crippen LogP) is 3.04. The quantitative estimate of drug-likeness (QED) is 0.746. The topological polar surface area (TPSA) is 67.9 Å². The number of amides is 1. The molecular weight excluding hydrogens is 407 g/mol. The number of halogens is 2. The van der Waals surface area contributed by atoms with E-state index in [1.807, 2.05) is 4.90 Å². The second-order valence-electron chi connectivity index (χ2n) is 6.28. The minimum absolute atomic E-state index is 0.214. The minimum Gasteiger partial charge on any atom is -0.465 e. The molecule has 0 radical (unpaired) electrons. The summed E-state index contributed by atoms with van der Waals surface area (Å²) in [4.78, 5) is 26.7. The van der Waals surface area contributed by atoms with E-state index in [4.69, 9.17) is 21.1 Å². The van der Waals surface area contributed by atoms with Gasteiger partial charge in [0.25, 0.3) is 5.91 Å². The number of ether oxygens (including phenoxy) is 2. The van der Waals surface area contributed by atoms with E-state index in [1.165, 1.54) is 31.0 Å². The summed E-state index contributed by atoms with van der Waals surface area (Å²) >= 11 is 7.44. The number of anilines is 1. The summed E-state index contributed by atoms with van der Waals surface area (Å²) in [7, 11) is 1.28. The van der Waals surface area contributed by atoms with E-state index in [9.17, 15) is 14.0 Å². The van der Waals surface area contributed by atoms with E-state index in [2.05, 4.69) is 5.32 Å². The summed E-state index contributed by atoms with van der Waals surface area (Å²) in [6, 6.07) is 4.26. The molecule has 0 saturated carbocycles. The van der Waals surface area contributed by atoms with Crippen molar-refractivity contribution in [1.29, 1.82) is 0 Å². The van der Waals surface area contributed by atoms with Gasteiger partial charge in [0.1, 0.15) is 10.7 Å². The van der Waals surface area contributed by atoms with Gasteiger partial charge >= 0.3 is 5.97 Å². The standard InChI is InChI=1S/C19H20ClFN2O4S/c1-11-15(10-28-17(16(11)20)19(25)26-2)22-18(24)12-7-13(21)9-14(8-12)23-3-5-27-6-4-23/h7-9H,3-6,10H2,1-2H3,(H,22,24). The van der Waals surface area contributed by atoms with Crippen molar-refractivity contribution < 1.29 is 23.5 Å². The van der Waals surface area contributed by atoms with Crippen LogP contribution in [0, 0.1) is 5.82 Å². The van der Waals surface area contributed by atoms with Gasteiger partial charge in [-0.2, -0.15) is 0 Å². The number of carbonyl (C=O) groups excluding carboxylic acids is 2. The molecule has 2 aliphatic heterocycles. The van der Waals surface area contributed by atoms with Crippen LogP contribution in [-0.2, 0) is 14.3 Å². The van der Waals surface area contributed by atoms with Gasteiger partial charge in [-0.1, -0.05) is 11.6 Å². The molecule has 1 aromatic rings. The largest absolute Gasteiger partial charge is 0.465 e. The number of hydrogen-bond donors (Lipinski definition) is 1. The number of nitrogens with one attached hydrogen (secondary N) is 1. The number of nitrogens with zero attached hydrogens (tertiary/aromatic N) is 1. The molecule has 3 rings (SSSR count). The SMILES string of the molecule is COC(=O)C1=C(Cl)C(C)=C(NC(=O)c2cc(F)cc(N3CCOCC3)c2)CS1. The summed E-state index contributed by atoms with van der Waals surface area (Å²) in [5.74, 6) is -1.08. The molecule has 0 unspecified atom stereocenters. The molecule has 9 heteroatoms. The van der Waals surface area contributed by atoms with Crippen molar-refractivity contribution in [2.45, 2.75) is 6.92 Å². The maximum Gasteiger partial charge on any atom is 0.345 e. The van der Waals surface area contributed by atoms with Crippen LogP contribution in [0.5, 0.6) is 0 Å². The van der Waals surface area contributed by atoms with Crippen LogP contribution in [0.25, 0.3) is 0 Å². The Labute approximate surface area is 171 Å². The van der Waals surface area contributed by atoms with Crippen molar-refractivity contribution in [2.24, 2.45) is 0 Å². The summed E-state index contributed by atoms with van der Waals surface area (Å²) in [5, 5.41) is 3.03. The van der Waals surface area contributed by atoms with E-state index in [1.54, 1.807) is 13.0 Å². The Bertz CT molecular complexity index is 865. The first-order valence-corrected chi connectivity index (χ1v) is 10.0. The lowest BCUT2D eigenvalue weighted by atomic mass is 10.1. The molecule has 1 N–H and O–H groups in total. The lowest BCUT2D eigenvalue weighted by Crippen LogP contribution is -2.36. The van der Waals surface area contributed by atoms with Crippen molar-refractivity contribution in [1.82, 2.24) is 5.32 Å². The van der Waals surface area contributed by atoms with Crippen molar-refractivity contribution >= 4 is 40.9 Å². The molecule has 2 heterocycles. The van der Waals surface area contributed by atoms with Gasteiger partial charge in [-0.25, -0.2) is 9.18 Å². The zero-order chi connectivity index (χ0) is 20.3. The number of morpholine rings is 1. The molecule has 1 amide bonds. The highest BCUT2D eigenvalue weighted by Crippen LogP contribution is 2.36. The Morgan fingerprint density at radius 2 is 2.00 bits per heavy atom. The number of allylic oxidation sites excluding steroid dienone is 2. The lowest BCUT2D eigenvalue weighted by Gasteiger charge is -2.29. The second kappa shape index (κ2) is 8.98. The van der Waals surface area contributed by atoms with Crippen LogP contribution in [0.15, 0.2) is 39.4 Å². The van der Waals surface area contributed by atoms with Gasteiger partial charge in [-0.05, 0) is 30.7 Å². The number of benzene rings is 1. The Morgan fingerprint density at radius 1 is 1.29 bits per heavy atom. The normalized spacial score (nSPS) is 17.6. The third-order valence-corrected chi connectivity index (χ3v) is 6.18. The molecule has 1 saturated heterocycles. The Morgan fingerprint density at radius 3 is 2.68 bits per heavy atom. The fraction of sp³-hybridized carbons (Fsp3) is 0.368.